The van der Waals surface area contributed by atoms with Gasteiger partial charge in [-0.3, -0.25) is 0 Å². The quantitative estimate of drug-likeness (QED) is 0.472. The van der Waals surface area contributed by atoms with Gasteiger partial charge in [0.2, 0.25) is 0 Å². The normalized spacial score (nSPS) is 15.6. The van der Waals surface area contributed by atoms with Gasteiger partial charge in [-0.15, -0.1) is 0 Å². The Labute approximate surface area is 147 Å². The van der Waals surface area contributed by atoms with E-state index in [0.29, 0.717) is 0 Å². The Morgan fingerprint density at radius 2 is 1.95 bits per heavy atom. The SMILES string of the molecule is Cc1cc(S)cc(Nc2cccc3c2N=[C]([Pb])C3(C)C)c1. The van der Waals surface area contributed by atoms with Crippen molar-refractivity contribution in [3.8, 4) is 0 Å². The average molecular weight is 489 g/mol. The summed E-state index contributed by atoms with van der Waals surface area (Å²) in [6.45, 7) is 6.59. The predicted octanol–water partition coefficient (Wildman–Crippen LogP) is 4.52. The van der Waals surface area contributed by atoms with Crippen LogP contribution in [0.4, 0.5) is 17.1 Å². The minimum atomic E-state index is 0.0700. The Morgan fingerprint density at radius 1 is 1.19 bits per heavy atom. The molecule has 0 aliphatic carbocycles. The number of hydrogen-bond donors (Lipinski definition) is 2. The van der Waals surface area contributed by atoms with Gasteiger partial charge in [-0.2, -0.15) is 0 Å². The van der Waals surface area contributed by atoms with Crippen molar-refractivity contribution in [1.82, 2.24) is 0 Å². The van der Waals surface area contributed by atoms with Gasteiger partial charge >= 0.3 is 148 Å². The van der Waals surface area contributed by atoms with Crippen LogP contribution in [0.25, 0.3) is 0 Å². The van der Waals surface area contributed by atoms with Crippen LogP contribution in [-0.4, -0.2) is 29.0 Å². The van der Waals surface area contributed by atoms with Gasteiger partial charge in [-0.05, 0) is 0 Å². The number of fused-ring (bicyclic) bond motifs is 1. The number of nitrogens with one attached hydrogen (secondary N) is 1. The molecule has 2 aromatic rings. The van der Waals surface area contributed by atoms with E-state index in [1.54, 1.807) is 0 Å². The summed E-state index contributed by atoms with van der Waals surface area (Å²) in [5.41, 5.74) is 5.81. The van der Waals surface area contributed by atoms with Gasteiger partial charge in [-0.25, -0.2) is 0 Å². The van der Waals surface area contributed by atoms with Gasteiger partial charge in [0.05, 0.1) is 0 Å². The summed E-state index contributed by atoms with van der Waals surface area (Å²) in [5, 5.41) is 3.50. The number of aryl methyl sites for hydroxylation is 1. The molecule has 0 fully saturated rings. The number of aliphatic imine (C=N–C) groups is 1. The molecule has 0 spiro atoms. The first-order chi connectivity index (χ1) is 9.88. The van der Waals surface area contributed by atoms with E-state index in [1.807, 2.05) is 6.07 Å². The number of hydrogen-bond acceptors (Lipinski definition) is 3. The van der Waals surface area contributed by atoms with Crippen molar-refractivity contribution in [2.24, 2.45) is 4.99 Å². The van der Waals surface area contributed by atoms with Crippen LogP contribution in [0.5, 0.6) is 0 Å². The summed E-state index contributed by atoms with van der Waals surface area (Å²) >= 11 is 5.44. The van der Waals surface area contributed by atoms with E-state index in [2.05, 4.69) is 69.0 Å². The molecular weight excluding hydrogens is 471 g/mol. The van der Waals surface area contributed by atoms with E-state index in [9.17, 15) is 0 Å². The van der Waals surface area contributed by atoms with Crippen molar-refractivity contribution in [2.75, 3.05) is 5.32 Å². The van der Waals surface area contributed by atoms with E-state index in [0.717, 1.165) is 47.7 Å². The fourth-order valence-corrected chi connectivity index (χ4v) is 3.94. The second-order valence-corrected chi connectivity index (χ2v) is 8.33. The molecule has 0 saturated carbocycles. The van der Waals surface area contributed by atoms with Crippen LogP contribution in [0.3, 0.4) is 0 Å². The summed E-state index contributed by atoms with van der Waals surface area (Å²) in [6, 6.07) is 12.6. The molecule has 0 atom stereocenters. The first-order valence-electron chi connectivity index (χ1n) is 6.90. The molecule has 1 aliphatic rings. The number of para-hydroxylation sites is 1. The van der Waals surface area contributed by atoms with E-state index in [4.69, 9.17) is 4.99 Å². The molecule has 4 heteroatoms. The Hall–Kier alpha value is -0.818. The zero-order valence-electron chi connectivity index (χ0n) is 12.4. The second kappa shape index (κ2) is 5.43. The number of thiol groups is 1. The van der Waals surface area contributed by atoms with E-state index in [1.165, 1.54) is 14.4 Å². The molecule has 0 amide bonds. The first-order valence-corrected chi connectivity index (χ1v) is 9.29. The maximum atomic E-state index is 4.84. The van der Waals surface area contributed by atoms with Crippen LogP contribution in [0.1, 0.15) is 25.0 Å². The van der Waals surface area contributed by atoms with Crippen LogP contribution >= 0.6 is 12.6 Å². The fourth-order valence-electron chi connectivity index (χ4n) is 2.64. The summed E-state index contributed by atoms with van der Waals surface area (Å²) in [5.74, 6) is 0. The fraction of sp³-hybridized carbons (Fsp3) is 0.235. The number of nitrogens with zero attached hydrogens (tertiary/aromatic N) is 1. The summed E-state index contributed by atoms with van der Waals surface area (Å²) in [4.78, 5) is 5.81. The molecular formula is C17H17N2PbS. The van der Waals surface area contributed by atoms with Gasteiger partial charge in [0.25, 0.3) is 0 Å². The van der Waals surface area contributed by atoms with Gasteiger partial charge in [-0.1, -0.05) is 0 Å². The third kappa shape index (κ3) is 2.77. The van der Waals surface area contributed by atoms with Gasteiger partial charge < -0.3 is 0 Å². The zero-order valence-corrected chi connectivity index (χ0v) is 17.1. The van der Waals surface area contributed by atoms with Gasteiger partial charge in [0.1, 0.15) is 0 Å². The van der Waals surface area contributed by atoms with Crippen molar-refractivity contribution in [3.05, 3.63) is 47.5 Å². The van der Waals surface area contributed by atoms with Crippen LogP contribution in [0, 0.1) is 6.92 Å². The molecule has 105 valence electrons. The van der Waals surface area contributed by atoms with Gasteiger partial charge in [0, 0.05) is 0 Å². The molecule has 0 aromatic heterocycles. The third-order valence-corrected chi connectivity index (χ3v) is 6.99. The van der Waals surface area contributed by atoms with Crippen LogP contribution < -0.4 is 5.32 Å². The molecule has 3 rings (SSSR count). The van der Waals surface area contributed by atoms with E-state index < -0.39 is 0 Å². The summed E-state index contributed by atoms with van der Waals surface area (Å²) in [7, 11) is 0. The van der Waals surface area contributed by atoms with Crippen molar-refractivity contribution < 1.29 is 0 Å². The van der Waals surface area contributed by atoms with Crippen molar-refractivity contribution in [2.45, 2.75) is 31.1 Å². The molecule has 0 bridgehead atoms. The Balaban J connectivity index is 2.04. The standard InChI is InChI=1S/C17H17N2S.Pb/c1-11-7-12(9-13(20)8-11)19-15-6-4-5-14-16(15)18-10-17(14,2)3;/h4-9,19-20H,1-3H3;. The predicted molar refractivity (Wildman–Crippen MR) is 94.0 cm³/mol. The first kappa shape index (κ1) is 15.1. The molecule has 21 heavy (non-hydrogen) atoms. The molecule has 3 radical (unpaired) electrons. The zero-order chi connectivity index (χ0) is 15.2. The van der Waals surface area contributed by atoms with E-state index >= 15 is 0 Å². The van der Waals surface area contributed by atoms with Crippen LogP contribution in [0.15, 0.2) is 46.3 Å². The molecule has 1 aliphatic heterocycles. The molecule has 0 unspecified atom stereocenters. The molecule has 0 saturated heterocycles. The van der Waals surface area contributed by atoms with Crippen molar-refractivity contribution in [3.63, 3.8) is 0 Å². The minimum absolute atomic E-state index is 0.0700. The third-order valence-electron chi connectivity index (χ3n) is 3.87. The molecule has 2 nitrogen and oxygen atoms in total. The Bertz CT molecular complexity index is 730. The Kier molecular flexibility index (Phi) is 3.90. The molecule has 2 aromatic carbocycles. The van der Waals surface area contributed by atoms with Crippen molar-refractivity contribution >= 4 is 58.7 Å². The van der Waals surface area contributed by atoms with Gasteiger partial charge in [0.15, 0.2) is 0 Å². The molecule has 1 N–H and O–H groups in total. The summed E-state index contributed by atoms with van der Waals surface area (Å²) in [6.07, 6.45) is 0. The topological polar surface area (TPSA) is 24.4 Å². The number of benzene rings is 2. The Morgan fingerprint density at radius 3 is 2.67 bits per heavy atom. The molecule has 1 heterocycles. The maximum absolute atomic E-state index is 4.84. The monoisotopic (exact) mass is 489 g/mol. The van der Waals surface area contributed by atoms with E-state index in [-0.39, 0.29) is 5.41 Å². The average Bonchev–Trinajstić information content (AvgIpc) is 2.61. The summed E-state index contributed by atoms with van der Waals surface area (Å²) < 4.78 is 1.30. The second-order valence-electron chi connectivity index (χ2n) is 5.97. The van der Waals surface area contributed by atoms with Crippen LogP contribution in [-0.2, 0) is 5.41 Å². The van der Waals surface area contributed by atoms with Crippen molar-refractivity contribution in [1.29, 1.82) is 0 Å². The number of anilines is 2. The number of rotatable bonds is 2. The van der Waals surface area contributed by atoms with Crippen LogP contribution in [0.2, 0.25) is 0 Å².